The van der Waals surface area contributed by atoms with E-state index in [1.54, 1.807) is 0 Å². The smallest absolute Gasteiger partial charge is 0.0673 e. The molecule has 2 aromatic carbocycles. The van der Waals surface area contributed by atoms with Crippen molar-refractivity contribution in [2.75, 3.05) is 6.54 Å². The average Bonchev–Trinajstić information content (AvgIpc) is 2.47. The molecule has 1 nitrogen and oxygen atoms in total. The predicted molar refractivity (Wildman–Crippen MR) is 86.1 cm³/mol. The van der Waals surface area contributed by atoms with Crippen LogP contribution in [0.15, 0.2) is 48.0 Å². The molecule has 1 aliphatic heterocycles. The van der Waals surface area contributed by atoms with Crippen molar-refractivity contribution in [2.24, 2.45) is 4.99 Å². The Balaban J connectivity index is 2.19. The van der Waals surface area contributed by atoms with Crippen LogP contribution in [-0.2, 0) is 0 Å². The number of hydrogen-bond acceptors (Lipinski definition) is 1. The molecule has 0 atom stereocenters. The van der Waals surface area contributed by atoms with E-state index in [4.69, 9.17) is 0 Å². The van der Waals surface area contributed by atoms with E-state index in [1.807, 2.05) is 6.92 Å². The maximum absolute atomic E-state index is 4.63. The van der Waals surface area contributed by atoms with Gasteiger partial charge in [0, 0.05) is 6.54 Å². The Morgan fingerprint density at radius 3 is 2.80 bits per heavy atom. The van der Waals surface area contributed by atoms with Crippen LogP contribution in [-0.4, -0.2) is 6.54 Å². The normalized spacial score (nSPS) is 13.1. The van der Waals surface area contributed by atoms with Crippen LogP contribution in [0.1, 0.15) is 24.5 Å². The Morgan fingerprint density at radius 2 is 2.00 bits per heavy atom. The third-order valence-corrected chi connectivity index (χ3v) is 3.78. The number of fused-ring (bicyclic) bond motifs is 1. The average molecular weight is 261 g/mol. The van der Waals surface area contributed by atoms with Gasteiger partial charge in [0.1, 0.15) is 0 Å². The third-order valence-electron chi connectivity index (χ3n) is 3.78. The molecule has 0 unspecified atom stereocenters. The van der Waals surface area contributed by atoms with Gasteiger partial charge < -0.3 is 0 Å². The molecule has 0 saturated heterocycles. The van der Waals surface area contributed by atoms with Crippen LogP contribution in [0.3, 0.4) is 0 Å². The summed E-state index contributed by atoms with van der Waals surface area (Å²) in [5.41, 5.74) is 6.07. The standard InChI is InChI=1S/C19H19N/c1-13(2)15-6-4-7-16(11-15)18-10-14(3)19-17(12-18)8-5-9-20-19/h4,6-8,10-12H,1,5,9H2,2-3H3. The minimum Gasteiger partial charge on any atom is -0.284 e. The highest BCUT2D eigenvalue weighted by Gasteiger charge is 2.05. The van der Waals surface area contributed by atoms with Crippen LogP contribution < -0.4 is 10.6 Å². The second-order valence-electron chi connectivity index (χ2n) is 5.47. The number of rotatable bonds is 2. The molecule has 2 aromatic rings. The molecule has 0 fully saturated rings. The molecule has 1 heteroatoms. The minimum atomic E-state index is 0.915. The van der Waals surface area contributed by atoms with E-state index in [2.05, 4.69) is 61.0 Å². The van der Waals surface area contributed by atoms with Crippen molar-refractivity contribution in [3.05, 3.63) is 64.7 Å². The molecule has 0 aromatic heterocycles. The van der Waals surface area contributed by atoms with Gasteiger partial charge in [-0.1, -0.05) is 36.4 Å². The molecule has 20 heavy (non-hydrogen) atoms. The van der Waals surface area contributed by atoms with E-state index in [0.717, 1.165) is 23.9 Å². The number of hydrogen-bond donors (Lipinski definition) is 0. The van der Waals surface area contributed by atoms with Gasteiger partial charge >= 0.3 is 0 Å². The molecule has 100 valence electrons. The summed E-state index contributed by atoms with van der Waals surface area (Å²) in [5.74, 6) is 0. The molecule has 0 N–H and O–H groups in total. The van der Waals surface area contributed by atoms with Gasteiger partial charge in [0.15, 0.2) is 0 Å². The molecule has 0 spiro atoms. The van der Waals surface area contributed by atoms with Gasteiger partial charge in [-0.25, -0.2) is 0 Å². The maximum Gasteiger partial charge on any atom is 0.0673 e. The molecular formula is C19H19N. The molecule has 0 saturated carbocycles. The number of aryl methyl sites for hydroxylation is 1. The summed E-state index contributed by atoms with van der Waals surface area (Å²) in [6.45, 7) is 9.13. The fourth-order valence-electron chi connectivity index (χ4n) is 2.71. The third kappa shape index (κ3) is 2.32. The van der Waals surface area contributed by atoms with Crippen molar-refractivity contribution < 1.29 is 0 Å². The van der Waals surface area contributed by atoms with Crippen LogP contribution in [0.25, 0.3) is 22.8 Å². The van der Waals surface area contributed by atoms with Crippen molar-refractivity contribution in [1.82, 2.24) is 0 Å². The van der Waals surface area contributed by atoms with E-state index in [0.29, 0.717) is 0 Å². The zero-order chi connectivity index (χ0) is 14.1. The highest BCUT2D eigenvalue weighted by Crippen LogP contribution is 2.22. The summed E-state index contributed by atoms with van der Waals surface area (Å²) in [4.78, 5) is 4.63. The minimum absolute atomic E-state index is 0.915. The predicted octanol–water partition coefficient (Wildman–Crippen LogP) is 3.50. The van der Waals surface area contributed by atoms with Crippen LogP contribution >= 0.6 is 0 Å². The van der Waals surface area contributed by atoms with Crippen molar-refractivity contribution >= 4 is 11.6 Å². The lowest BCUT2D eigenvalue weighted by Gasteiger charge is -2.09. The first-order chi connectivity index (χ1) is 9.65. The number of allylic oxidation sites excluding steroid dienone is 1. The fraction of sp³-hybridized carbons (Fsp3) is 0.211. The van der Waals surface area contributed by atoms with Gasteiger partial charge in [-0.3, -0.25) is 4.99 Å². The summed E-state index contributed by atoms with van der Waals surface area (Å²) < 4.78 is 0. The molecule has 1 aliphatic rings. The first-order valence-corrected chi connectivity index (χ1v) is 7.07. The molecule has 3 rings (SSSR count). The molecule has 0 amide bonds. The van der Waals surface area contributed by atoms with E-state index in [-0.39, 0.29) is 0 Å². The zero-order valence-corrected chi connectivity index (χ0v) is 12.1. The monoisotopic (exact) mass is 261 g/mol. The highest BCUT2D eigenvalue weighted by atomic mass is 14.7. The maximum atomic E-state index is 4.63. The molecule has 0 bridgehead atoms. The van der Waals surface area contributed by atoms with Crippen molar-refractivity contribution in [2.45, 2.75) is 20.3 Å². The second kappa shape index (κ2) is 5.09. The topological polar surface area (TPSA) is 12.4 Å². The number of nitrogens with zero attached hydrogens (tertiary/aromatic N) is 1. The Labute approximate surface area is 120 Å². The first-order valence-electron chi connectivity index (χ1n) is 7.07. The van der Waals surface area contributed by atoms with Gasteiger partial charge in [0.25, 0.3) is 0 Å². The Kier molecular flexibility index (Phi) is 3.27. The van der Waals surface area contributed by atoms with Gasteiger partial charge in [-0.05, 0) is 65.9 Å². The Hall–Kier alpha value is -2.15. The van der Waals surface area contributed by atoms with E-state index < -0.39 is 0 Å². The SMILES string of the molecule is C=C(C)c1cccc(-c2cc(C)c3c(c2)=CCCN=3)c1. The summed E-state index contributed by atoms with van der Waals surface area (Å²) >= 11 is 0. The highest BCUT2D eigenvalue weighted by molar-refractivity contribution is 5.71. The zero-order valence-electron chi connectivity index (χ0n) is 12.1. The quantitative estimate of drug-likeness (QED) is 0.784. The van der Waals surface area contributed by atoms with Crippen LogP contribution in [0, 0.1) is 6.92 Å². The molecule has 0 aliphatic carbocycles. The fourth-order valence-corrected chi connectivity index (χ4v) is 2.71. The first kappa shape index (κ1) is 12.9. The molecular weight excluding hydrogens is 242 g/mol. The van der Waals surface area contributed by atoms with Crippen molar-refractivity contribution in [3.63, 3.8) is 0 Å². The van der Waals surface area contributed by atoms with E-state index >= 15 is 0 Å². The second-order valence-corrected chi connectivity index (χ2v) is 5.47. The van der Waals surface area contributed by atoms with Gasteiger partial charge in [-0.15, -0.1) is 0 Å². The van der Waals surface area contributed by atoms with Gasteiger partial charge in [-0.2, -0.15) is 0 Å². The largest absolute Gasteiger partial charge is 0.284 e. The summed E-state index contributed by atoms with van der Waals surface area (Å²) in [6, 6.07) is 13.1. The van der Waals surface area contributed by atoms with Gasteiger partial charge in [0.05, 0.1) is 5.36 Å². The number of benzene rings is 2. The molecule has 1 heterocycles. The van der Waals surface area contributed by atoms with Gasteiger partial charge in [0.2, 0.25) is 0 Å². The summed E-state index contributed by atoms with van der Waals surface area (Å²) in [5, 5.41) is 2.43. The Morgan fingerprint density at radius 1 is 1.15 bits per heavy atom. The van der Waals surface area contributed by atoms with Crippen LogP contribution in [0.2, 0.25) is 0 Å². The Bertz CT molecular complexity index is 797. The lowest BCUT2D eigenvalue weighted by Crippen LogP contribution is -2.30. The lowest BCUT2D eigenvalue weighted by molar-refractivity contribution is 0.951. The van der Waals surface area contributed by atoms with E-state index in [9.17, 15) is 0 Å². The lowest BCUT2D eigenvalue weighted by atomic mass is 9.97. The van der Waals surface area contributed by atoms with Crippen LogP contribution in [0.4, 0.5) is 0 Å². The molecule has 0 radical (unpaired) electrons. The van der Waals surface area contributed by atoms with Crippen LogP contribution in [0.5, 0.6) is 0 Å². The van der Waals surface area contributed by atoms with Crippen molar-refractivity contribution in [1.29, 1.82) is 0 Å². The van der Waals surface area contributed by atoms with Crippen molar-refractivity contribution in [3.8, 4) is 11.1 Å². The summed E-state index contributed by atoms with van der Waals surface area (Å²) in [6.07, 6.45) is 3.34. The van der Waals surface area contributed by atoms with E-state index in [1.165, 1.54) is 27.5 Å². The summed E-state index contributed by atoms with van der Waals surface area (Å²) in [7, 11) is 0.